The molecule has 31 heavy (non-hydrogen) atoms. The third kappa shape index (κ3) is 3.47. The van der Waals surface area contributed by atoms with E-state index in [9.17, 15) is 14.7 Å². The van der Waals surface area contributed by atoms with Crippen molar-refractivity contribution in [3.05, 3.63) is 48.2 Å². The quantitative estimate of drug-likeness (QED) is 0.819. The maximum atomic E-state index is 13.6. The van der Waals surface area contributed by atoms with E-state index in [0.717, 1.165) is 24.2 Å². The van der Waals surface area contributed by atoms with E-state index in [2.05, 4.69) is 4.98 Å². The van der Waals surface area contributed by atoms with Crippen LogP contribution in [-0.2, 0) is 4.79 Å². The van der Waals surface area contributed by atoms with E-state index in [0.29, 0.717) is 37.2 Å². The maximum absolute atomic E-state index is 13.6. The van der Waals surface area contributed by atoms with E-state index in [1.54, 1.807) is 19.4 Å². The summed E-state index contributed by atoms with van der Waals surface area (Å²) in [6.45, 7) is 1.32. The van der Waals surface area contributed by atoms with Crippen molar-refractivity contribution in [2.75, 3.05) is 20.2 Å². The fraction of sp³-hybridized carbons (Fsp3) is 0.458. The van der Waals surface area contributed by atoms with Gasteiger partial charge in [-0.2, -0.15) is 0 Å². The Kier molecular flexibility index (Phi) is 5.14. The molecular formula is C24H27N3O4. The van der Waals surface area contributed by atoms with Gasteiger partial charge in [0.05, 0.1) is 36.6 Å². The number of likely N-dealkylation sites (tertiary alicyclic amines) is 2. The number of rotatable bonds is 4. The van der Waals surface area contributed by atoms with Crippen molar-refractivity contribution in [3.63, 3.8) is 0 Å². The van der Waals surface area contributed by atoms with Gasteiger partial charge in [0.15, 0.2) is 0 Å². The Morgan fingerprint density at radius 2 is 1.71 bits per heavy atom. The number of ether oxygens (including phenoxy) is 1. The number of methoxy groups -OCH3 is 1. The lowest BCUT2D eigenvalue weighted by molar-refractivity contribution is -0.143. The number of carbonyl (C=O) groups excluding carboxylic acids is 2. The molecule has 1 aromatic carbocycles. The molecule has 0 spiro atoms. The number of carbonyl (C=O) groups is 2. The zero-order valence-electron chi connectivity index (χ0n) is 17.6. The second-order valence-corrected chi connectivity index (χ2v) is 8.69. The maximum Gasteiger partial charge on any atom is 0.256 e. The highest BCUT2D eigenvalue weighted by Crippen LogP contribution is 2.37. The molecule has 2 atom stereocenters. The van der Waals surface area contributed by atoms with Gasteiger partial charge in [0.2, 0.25) is 5.91 Å². The van der Waals surface area contributed by atoms with Gasteiger partial charge >= 0.3 is 0 Å². The normalized spacial score (nSPS) is 27.0. The molecule has 1 aromatic heterocycles. The number of benzene rings is 1. The average Bonchev–Trinajstić information content (AvgIpc) is 3.38. The van der Waals surface area contributed by atoms with Crippen LogP contribution in [0.5, 0.6) is 5.75 Å². The first-order chi connectivity index (χ1) is 15.1. The van der Waals surface area contributed by atoms with E-state index in [4.69, 9.17) is 4.74 Å². The first-order valence-corrected chi connectivity index (χ1v) is 11.0. The smallest absolute Gasteiger partial charge is 0.256 e. The standard InChI is InChI=1S/C24H27N3O4/c1-31-18-6-4-15(5-7-18)22-19(3-2-10-25-22)24(30)27-12-9-20-21(27)8-11-26(20)23(29)16-13-17(28)14-16/h2-7,10,16-17,20-21,28H,8-9,11-14H2,1H3/t16?,17?,20-,21-/m1/s1. The Hall–Kier alpha value is -2.93. The zero-order chi connectivity index (χ0) is 21.5. The molecule has 162 valence electrons. The largest absolute Gasteiger partial charge is 0.497 e. The Bertz CT molecular complexity index is 987. The number of aliphatic hydroxyl groups is 1. The summed E-state index contributed by atoms with van der Waals surface area (Å²) < 4.78 is 5.23. The SMILES string of the molecule is COc1ccc(-c2ncccc2C(=O)N2CC[C@@H]3[C@H]2CCN3C(=O)C2CC(O)C2)cc1. The van der Waals surface area contributed by atoms with E-state index in [1.165, 1.54) is 0 Å². The van der Waals surface area contributed by atoms with Crippen molar-refractivity contribution >= 4 is 11.8 Å². The Morgan fingerprint density at radius 3 is 2.39 bits per heavy atom. The minimum absolute atomic E-state index is 0.0280. The van der Waals surface area contributed by atoms with Gasteiger partial charge in [-0.05, 0) is 62.1 Å². The minimum Gasteiger partial charge on any atom is -0.497 e. The van der Waals surface area contributed by atoms with Gasteiger partial charge in [-0.15, -0.1) is 0 Å². The number of fused-ring (bicyclic) bond motifs is 1. The molecule has 1 aliphatic carbocycles. The van der Waals surface area contributed by atoms with Gasteiger partial charge in [-0.25, -0.2) is 0 Å². The highest BCUT2D eigenvalue weighted by molar-refractivity contribution is 6.00. The van der Waals surface area contributed by atoms with Crippen molar-refractivity contribution in [1.29, 1.82) is 0 Å². The van der Waals surface area contributed by atoms with Crippen molar-refractivity contribution in [2.45, 2.75) is 43.9 Å². The van der Waals surface area contributed by atoms with E-state index < -0.39 is 0 Å². The van der Waals surface area contributed by atoms with Crippen molar-refractivity contribution in [3.8, 4) is 17.0 Å². The molecule has 7 nitrogen and oxygen atoms in total. The van der Waals surface area contributed by atoms with Crippen LogP contribution in [0, 0.1) is 5.92 Å². The highest BCUT2D eigenvalue weighted by Gasteiger charge is 2.48. The van der Waals surface area contributed by atoms with Gasteiger partial charge in [-0.1, -0.05) is 0 Å². The summed E-state index contributed by atoms with van der Waals surface area (Å²) in [4.78, 5) is 34.8. The fourth-order valence-electron chi connectivity index (χ4n) is 5.25. The van der Waals surface area contributed by atoms with Crippen molar-refractivity contribution in [2.24, 2.45) is 5.92 Å². The second kappa shape index (κ2) is 7.96. The molecule has 2 aromatic rings. The lowest BCUT2D eigenvalue weighted by Crippen LogP contribution is -2.47. The molecule has 2 amide bonds. The molecule has 5 rings (SSSR count). The Labute approximate surface area is 181 Å². The molecule has 1 saturated carbocycles. The topological polar surface area (TPSA) is 83.0 Å². The number of hydrogen-bond donors (Lipinski definition) is 1. The molecule has 0 radical (unpaired) electrons. The molecule has 2 aliphatic heterocycles. The summed E-state index contributed by atoms with van der Waals surface area (Å²) in [5.74, 6) is 0.815. The minimum atomic E-state index is -0.337. The van der Waals surface area contributed by atoms with Crippen LogP contribution in [0.25, 0.3) is 11.3 Å². The first-order valence-electron chi connectivity index (χ1n) is 11.0. The van der Waals surface area contributed by atoms with Crippen LogP contribution < -0.4 is 4.74 Å². The van der Waals surface area contributed by atoms with Crippen molar-refractivity contribution < 1.29 is 19.4 Å². The van der Waals surface area contributed by atoms with Crippen LogP contribution in [0.4, 0.5) is 0 Å². The Balaban J connectivity index is 1.35. The second-order valence-electron chi connectivity index (χ2n) is 8.69. The van der Waals surface area contributed by atoms with Crippen LogP contribution >= 0.6 is 0 Å². The van der Waals surface area contributed by atoms with Crippen LogP contribution in [0.1, 0.15) is 36.0 Å². The number of hydrogen-bond acceptors (Lipinski definition) is 5. The van der Waals surface area contributed by atoms with E-state index >= 15 is 0 Å². The van der Waals surface area contributed by atoms with Crippen LogP contribution in [0.15, 0.2) is 42.6 Å². The number of nitrogens with zero attached hydrogens (tertiary/aromatic N) is 3. The van der Waals surface area contributed by atoms with Gasteiger partial charge < -0.3 is 19.6 Å². The summed E-state index contributed by atoms with van der Waals surface area (Å²) >= 11 is 0. The fourth-order valence-corrected chi connectivity index (χ4v) is 5.25. The lowest BCUT2D eigenvalue weighted by atomic mass is 9.81. The predicted molar refractivity (Wildman–Crippen MR) is 115 cm³/mol. The number of aliphatic hydroxyl groups excluding tert-OH is 1. The van der Waals surface area contributed by atoms with Crippen molar-refractivity contribution in [1.82, 2.24) is 14.8 Å². The van der Waals surface area contributed by atoms with E-state index in [-0.39, 0.29) is 35.9 Å². The molecule has 0 unspecified atom stereocenters. The third-order valence-corrected chi connectivity index (χ3v) is 6.98. The average molecular weight is 421 g/mol. The van der Waals surface area contributed by atoms with Gasteiger partial charge in [0, 0.05) is 30.8 Å². The van der Waals surface area contributed by atoms with Gasteiger partial charge in [-0.3, -0.25) is 14.6 Å². The molecule has 3 aliphatic rings. The van der Waals surface area contributed by atoms with Crippen LogP contribution in [0.2, 0.25) is 0 Å². The van der Waals surface area contributed by atoms with E-state index in [1.807, 2.05) is 40.1 Å². The first kappa shape index (κ1) is 20.0. The molecular weight excluding hydrogens is 394 g/mol. The van der Waals surface area contributed by atoms with Crippen LogP contribution in [0.3, 0.4) is 0 Å². The summed E-state index contributed by atoms with van der Waals surface area (Å²) in [6, 6.07) is 11.3. The molecule has 2 saturated heterocycles. The van der Waals surface area contributed by atoms with Gasteiger partial charge in [0.1, 0.15) is 5.75 Å². The number of pyridine rings is 1. The molecule has 7 heteroatoms. The zero-order valence-corrected chi connectivity index (χ0v) is 17.6. The Morgan fingerprint density at radius 1 is 1.03 bits per heavy atom. The summed E-state index contributed by atoms with van der Waals surface area (Å²) in [5, 5.41) is 9.55. The highest BCUT2D eigenvalue weighted by atomic mass is 16.5. The summed E-state index contributed by atoms with van der Waals surface area (Å²) in [7, 11) is 1.62. The predicted octanol–water partition coefficient (Wildman–Crippen LogP) is 2.34. The summed E-state index contributed by atoms with van der Waals surface area (Å²) in [6.07, 6.45) is 4.10. The van der Waals surface area contributed by atoms with Gasteiger partial charge in [0.25, 0.3) is 5.91 Å². The number of aromatic nitrogens is 1. The third-order valence-electron chi connectivity index (χ3n) is 6.98. The summed E-state index contributed by atoms with van der Waals surface area (Å²) in [5.41, 5.74) is 2.11. The molecule has 3 fully saturated rings. The molecule has 3 heterocycles. The molecule has 0 bridgehead atoms. The van der Waals surface area contributed by atoms with Crippen LogP contribution in [-0.4, -0.2) is 70.1 Å². The monoisotopic (exact) mass is 421 g/mol. The molecule has 1 N–H and O–H groups in total. The lowest BCUT2D eigenvalue weighted by Gasteiger charge is -2.35. The number of amides is 2.